The third-order valence-corrected chi connectivity index (χ3v) is 10.7. The number of isocyanates is 1. The maximum absolute atomic E-state index is 11.6. The molecule has 1 aromatic rings. The highest BCUT2D eigenvalue weighted by Gasteiger charge is 2.46. The molecule has 0 bridgehead atoms. The summed E-state index contributed by atoms with van der Waals surface area (Å²) in [4.78, 5) is 11.6. The third-order valence-electron chi connectivity index (χ3n) is 7.68. The molecule has 0 spiro atoms. The Morgan fingerprint density at radius 1 is 1.05 bits per heavy atom. The molecular formula is C27H43N2O10S2+. The minimum Gasteiger partial charge on any atom is -0.394 e. The van der Waals surface area contributed by atoms with Crippen LogP contribution < -0.4 is 5.32 Å². The second-order valence-electron chi connectivity index (χ2n) is 10.6. The van der Waals surface area contributed by atoms with E-state index < -0.39 is 68.0 Å². The highest BCUT2D eigenvalue weighted by molar-refractivity contribution is 8.77. The molecule has 1 aromatic carbocycles. The van der Waals surface area contributed by atoms with Gasteiger partial charge in [0.15, 0.2) is 6.54 Å². The van der Waals surface area contributed by atoms with Crippen molar-refractivity contribution in [2.75, 3.05) is 37.4 Å². The first-order chi connectivity index (χ1) is 19.7. The van der Waals surface area contributed by atoms with Gasteiger partial charge in [0.25, 0.3) is 0 Å². The van der Waals surface area contributed by atoms with E-state index in [1.54, 1.807) is 24.3 Å². The lowest BCUT2D eigenvalue weighted by Gasteiger charge is -2.42. The zero-order valence-electron chi connectivity index (χ0n) is 22.8. The van der Waals surface area contributed by atoms with Crippen molar-refractivity contribution < 1.29 is 55.0 Å². The number of nitrogens with one attached hydrogen (secondary N) is 1. The van der Waals surface area contributed by atoms with Crippen molar-refractivity contribution in [3.63, 3.8) is 0 Å². The number of nitrogens with zero attached hydrogens (tertiary/aromatic N) is 1. The molecule has 41 heavy (non-hydrogen) atoms. The van der Waals surface area contributed by atoms with Crippen LogP contribution in [0.2, 0.25) is 0 Å². The van der Waals surface area contributed by atoms with Crippen LogP contribution >= 0.6 is 21.6 Å². The van der Waals surface area contributed by atoms with E-state index in [1.165, 1.54) is 16.7 Å². The van der Waals surface area contributed by atoms with Crippen LogP contribution in [-0.4, -0.2) is 138 Å². The minimum absolute atomic E-state index is 0.157. The number of rotatable bonds is 16. The van der Waals surface area contributed by atoms with Crippen molar-refractivity contribution in [1.82, 2.24) is 0 Å². The molecule has 10 atom stereocenters. The molecule has 2 aliphatic heterocycles. The fourth-order valence-corrected chi connectivity index (χ4v) is 8.17. The molecule has 12 nitrogen and oxygen atoms in total. The maximum atomic E-state index is 11.6. The summed E-state index contributed by atoms with van der Waals surface area (Å²) in [7, 11) is 3.85. The molecule has 2 aliphatic rings. The van der Waals surface area contributed by atoms with Crippen LogP contribution in [0.3, 0.4) is 0 Å². The first-order valence-electron chi connectivity index (χ1n) is 13.9. The number of aliphatic hydroxyl groups is 8. The molecule has 9 N–H and O–H groups in total. The molecule has 0 aromatic heterocycles. The minimum atomic E-state index is -1.64. The van der Waals surface area contributed by atoms with Crippen LogP contribution in [0, 0.1) is 5.92 Å². The third kappa shape index (κ3) is 9.62. The number of hydrogen-bond acceptors (Lipinski definition) is 13. The van der Waals surface area contributed by atoms with Gasteiger partial charge < -0.3 is 50.9 Å². The number of carbonyl (C=O) groups excluding carboxylic acids is 1. The number of unbranched alkanes of at least 4 members (excludes halogenated alkanes) is 1. The number of benzene rings is 1. The predicted octanol–water partition coefficient (Wildman–Crippen LogP) is -0.674. The average Bonchev–Trinajstić information content (AvgIpc) is 3.51. The van der Waals surface area contributed by atoms with E-state index in [2.05, 4.69) is 5.32 Å². The SMILES string of the molecule is O=C=[N+](CCCCC1CCSS1)c1cccc(NCC(O)C(O)C(CC2OC(CO)C(O)C(O)C2O)C(O)CO)c1. The standard InChI is InChI=1S/C27H43N2O10S2/c30-13-21(34)19(11-22-25(36)27(38)26(37)23(14-31)39-22)24(35)20(33)12-28-16-4-3-5-17(10-16)29(15-32)8-2-1-6-18-7-9-40-41-18/h3-5,10,18-28,30-31,33-38H,1-2,6-9,11-14H2/q+1. The Bertz CT molecular complexity index is 979. The number of aliphatic hydroxyl groups excluding tert-OH is 8. The Morgan fingerprint density at radius 3 is 2.46 bits per heavy atom. The molecule has 0 amide bonds. The second kappa shape index (κ2) is 17.1. The first-order valence-corrected chi connectivity index (χ1v) is 16.3. The van der Waals surface area contributed by atoms with E-state index in [-0.39, 0.29) is 13.0 Å². The summed E-state index contributed by atoms with van der Waals surface area (Å²) >= 11 is 0. The summed E-state index contributed by atoms with van der Waals surface area (Å²) in [6, 6.07) is 6.98. The summed E-state index contributed by atoms with van der Waals surface area (Å²) in [5.74, 6) is 0.00156. The fraction of sp³-hybridized carbons (Fsp3) is 0.741. The quantitative estimate of drug-likeness (QED) is 0.0371. The molecule has 14 heteroatoms. The van der Waals surface area contributed by atoms with Gasteiger partial charge in [-0.05, 0) is 31.7 Å². The highest BCUT2D eigenvalue weighted by atomic mass is 33.1. The van der Waals surface area contributed by atoms with E-state index in [4.69, 9.17) is 4.74 Å². The molecule has 10 unspecified atom stereocenters. The number of hydrogen-bond donors (Lipinski definition) is 9. The van der Waals surface area contributed by atoms with Gasteiger partial charge in [0.05, 0.1) is 37.6 Å². The molecule has 2 saturated heterocycles. The molecule has 232 valence electrons. The summed E-state index contributed by atoms with van der Waals surface area (Å²) in [6.07, 6.45) is -5.81. The van der Waals surface area contributed by atoms with E-state index in [0.29, 0.717) is 23.2 Å². The monoisotopic (exact) mass is 619 g/mol. The van der Waals surface area contributed by atoms with Crippen LogP contribution in [0.4, 0.5) is 11.4 Å². The molecular weight excluding hydrogens is 576 g/mol. The topological polar surface area (TPSA) is 203 Å². The first kappa shape index (κ1) is 34.2. The van der Waals surface area contributed by atoms with Gasteiger partial charge in [0, 0.05) is 47.7 Å². The number of anilines is 1. The van der Waals surface area contributed by atoms with Crippen LogP contribution in [0.25, 0.3) is 0 Å². The van der Waals surface area contributed by atoms with Crippen LogP contribution in [0.5, 0.6) is 0 Å². The van der Waals surface area contributed by atoms with Crippen molar-refractivity contribution in [3.05, 3.63) is 24.3 Å². The van der Waals surface area contributed by atoms with Gasteiger partial charge in [-0.25, -0.2) is 0 Å². The lowest BCUT2D eigenvalue weighted by atomic mass is 9.83. The Kier molecular flexibility index (Phi) is 14.3. The number of ether oxygens (including phenoxy) is 1. The summed E-state index contributed by atoms with van der Waals surface area (Å²) in [5, 5.41) is 85.0. The van der Waals surface area contributed by atoms with Crippen LogP contribution in [-0.2, 0) is 9.53 Å². The molecule has 3 rings (SSSR count). The summed E-state index contributed by atoms with van der Waals surface area (Å²) in [5.41, 5.74) is 1.20. The van der Waals surface area contributed by atoms with Gasteiger partial charge in [0.2, 0.25) is 5.69 Å². The Balaban J connectivity index is 1.57. The molecule has 2 heterocycles. The van der Waals surface area contributed by atoms with Crippen molar-refractivity contribution in [2.24, 2.45) is 5.92 Å². The molecule has 0 aliphatic carbocycles. The van der Waals surface area contributed by atoms with E-state index in [9.17, 15) is 45.6 Å². The van der Waals surface area contributed by atoms with Gasteiger partial charge in [-0.2, -0.15) is 4.79 Å². The Morgan fingerprint density at radius 2 is 1.80 bits per heavy atom. The zero-order chi connectivity index (χ0) is 29.9. The normalized spacial score (nSPS) is 29.4. The fourth-order valence-electron chi connectivity index (χ4n) is 5.15. The average molecular weight is 620 g/mol. The van der Waals surface area contributed by atoms with Gasteiger partial charge in [-0.3, -0.25) is 0 Å². The summed E-state index contributed by atoms with van der Waals surface area (Å²) in [6.45, 7) is -1.02. The lowest BCUT2D eigenvalue weighted by Crippen LogP contribution is -2.59. The highest BCUT2D eigenvalue weighted by Crippen LogP contribution is 2.39. The molecule has 0 radical (unpaired) electrons. The van der Waals surface area contributed by atoms with Crippen molar-refractivity contribution in [1.29, 1.82) is 0 Å². The molecule has 0 saturated carbocycles. The van der Waals surface area contributed by atoms with Gasteiger partial charge >= 0.3 is 6.08 Å². The van der Waals surface area contributed by atoms with Gasteiger partial charge in [-0.15, -0.1) is 4.58 Å². The predicted molar refractivity (Wildman–Crippen MR) is 155 cm³/mol. The Hall–Kier alpha value is -1.26. The second-order valence-corrected chi connectivity index (χ2v) is 13.4. The van der Waals surface area contributed by atoms with E-state index in [0.717, 1.165) is 19.3 Å². The van der Waals surface area contributed by atoms with Crippen molar-refractivity contribution in [3.8, 4) is 0 Å². The van der Waals surface area contributed by atoms with Gasteiger partial charge in [-0.1, -0.05) is 27.7 Å². The van der Waals surface area contributed by atoms with Crippen LogP contribution in [0.1, 0.15) is 32.1 Å². The lowest BCUT2D eigenvalue weighted by molar-refractivity contribution is -0.438. The maximum Gasteiger partial charge on any atom is 0.430 e. The largest absolute Gasteiger partial charge is 0.430 e. The summed E-state index contributed by atoms with van der Waals surface area (Å²) < 4.78 is 6.97. The van der Waals surface area contributed by atoms with Crippen molar-refractivity contribution in [2.45, 2.75) is 86.2 Å². The van der Waals surface area contributed by atoms with Gasteiger partial charge in [0.1, 0.15) is 24.4 Å². The Labute approximate surface area is 247 Å². The van der Waals surface area contributed by atoms with E-state index >= 15 is 0 Å². The van der Waals surface area contributed by atoms with E-state index in [1.807, 2.05) is 27.7 Å². The van der Waals surface area contributed by atoms with Crippen molar-refractivity contribution >= 4 is 39.0 Å². The van der Waals surface area contributed by atoms with Crippen LogP contribution in [0.15, 0.2) is 24.3 Å². The zero-order valence-corrected chi connectivity index (χ0v) is 24.4. The molecule has 2 fully saturated rings. The smallest absolute Gasteiger partial charge is 0.394 e.